The van der Waals surface area contributed by atoms with Gasteiger partial charge in [-0.2, -0.15) is 0 Å². The largest absolute Gasteiger partial charge is 0.484 e. The molecule has 0 saturated carbocycles. The number of carbonyl (C=O) groups excluding carboxylic acids is 2. The van der Waals surface area contributed by atoms with Gasteiger partial charge in [0, 0.05) is 24.0 Å². The Hall–Kier alpha value is -3.28. The molecule has 6 heteroatoms. The van der Waals surface area contributed by atoms with Crippen molar-refractivity contribution in [3.63, 3.8) is 0 Å². The number of fused-ring (bicyclic) bond motifs is 1. The summed E-state index contributed by atoms with van der Waals surface area (Å²) in [6.07, 6.45) is 0. The Bertz CT molecular complexity index is 989. The third kappa shape index (κ3) is 4.42. The molecular formula is C23H25NO5. The first-order chi connectivity index (χ1) is 14.1. The Balaban J connectivity index is 1.97. The maximum Gasteiger partial charge on any atom is 0.342 e. The fraction of sp³-hybridized carbons (Fsp3) is 0.304. The van der Waals surface area contributed by atoms with Gasteiger partial charge in [0.2, 0.25) is 0 Å². The molecule has 0 spiro atoms. The summed E-state index contributed by atoms with van der Waals surface area (Å²) in [5, 5.41) is 0.593. The van der Waals surface area contributed by atoms with E-state index < -0.39 is 5.97 Å². The zero-order chi connectivity index (χ0) is 20.8. The van der Waals surface area contributed by atoms with Crippen LogP contribution in [-0.2, 0) is 9.53 Å². The van der Waals surface area contributed by atoms with Gasteiger partial charge in [-0.3, -0.25) is 4.79 Å². The van der Waals surface area contributed by atoms with Crippen LogP contribution in [0.3, 0.4) is 0 Å². The van der Waals surface area contributed by atoms with Crippen molar-refractivity contribution in [2.75, 3.05) is 26.3 Å². The summed E-state index contributed by atoms with van der Waals surface area (Å²) in [7, 11) is 0. The Kier molecular flexibility index (Phi) is 6.54. The second kappa shape index (κ2) is 9.28. The van der Waals surface area contributed by atoms with Gasteiger partial charge in [-0.25, -0.2) is 4.79 Å². The molecule has 0 bridgehead atoms. The molecule has 1 aromatic heterocycles. The average Bonchev–Trinajstić information content (AvgIpc) is 3.13. The van der Waals surface area contributed by atoms with E-state index in [0.29, 0.717) is 41.1 Å². The highest BCUT2D eigenvalue weighted by Gasteiger charge is 2.23. The zero-order valence-corrected chi connectivity index (χ0v) is 16.9. The standard InChI is InChI=1S/C23H25NO5/c1-4-24(5-2)20(25)15-28-17-12-13-19-18(14-17)21(23(26)27-6-3)22(29-19)16-10-8-7-9-11-16/h7-14H,4-6,15H2,1-3H3. The monoisotopic (exact) mass is 395 g/mol. The normalized spacial score (nSPS) is 10.7. The highest BCUT2D eigenvalue weighted by molar-refractivity contribution is 6.09. The van der Waals surface area contributed by atoms with Gasteiger partial charge in [0.1, 0.15) is 22.7 Å². The number of hydrogen-bond donors (Lipinski definition) is 0. The third-order valence-corrected chi connectivity index (χ3v) is 4.65. The van der Waals surface area contributed by atoms with Crippen molar-refractivity contribution in [1.29, 1.82) is 0 Å². The summed E-state index contributed by atoms with van der Waals surface area (Å²) in [5.41, 5.74) is 1.69. The Morgan fingerprint density at radius 1 is 1.00 bits per heavy atom. The number of carbonyl (C=O) groups is 2. The minimum atomic E-state index is -0.457. The van der Waals surface area contributed by atoms with Gasteiger partial charge in [0.15, 0.2) is 6.61 Å². The van der Waals surface area contributed by atoms with E-state index in [1.807, 2.05) is 44.2 Å². The number of hydrogen-bond acceptors (Lipinski definition) is 5. The molecule has 0 fully saturated rings. The molecule has 0 aliphatic heterocycles. The molecule has 0 aliphatic rings. The van der Waals surface area contributed by atoms with Crippen LogP contribution in [0, 0.1) is 0 Å². The van der Waals surface area contributed by atoms with Gasteiger partial charge >= 0.3 is 5.97 Å². The van der Waals surface area contributed by atoms with E-state index in [0.717, 1.165) is 5.56 Å². The minimum absolute atomic E-state index is 0.0642. The molecule has 0 N–H and O–H groups in total. The van der Waals surface area contributed by atoms with Crippen molar-refractivity contribution >= 4 is 22.8 Å². The van der Waals surface area contributed by atoms with E-state index in [4.69, 9.17) is 13.9 Å². The van der Waals surface area contributed by atoms with Gasteiger partial charge < -0.3 is 18.8 Å². The van der Waals surface area contributed by atoms with Crippen LogP contribution >= 0.6 is 0 Å². The number of furan rings is 1. The van der Waals surface area contributed by atoms with Crippen LogP contribution < -0.4 is 4.74 Å². The average molecular weight is 395 g/mol. The summed E-state index contributed by atoms with van der Waals surface area (Å²) in [6, 6.07) is 14.6. The van der Waals surface area contributed by atoms with Gasteiger partial charge in [-0.15, -0.1) is 0 Å². The summed E-state index contributed by atoms with van der Waals surface area (Å²) >= 11 is 0. The molecule has 0 saturated heterocycles. The van der Waals surface area contributed by atoms with Crippen LogP contribution in [0.1, 0.15) is 31.1 Å². The Morgan fingerprint density at radius 2 is 1.72 bits per heavy atom. The number of amides is 1. The summed E-state index contributed by atoms with van der Waals surface area (Å²) < 4.78 is 16.9. The van der Waals surface area contributed by atoms with Gasteiger partial charge in [-0.05, 0) is 39.0 Å². The van der Waals surface area contributed by atoms with Crippen molar-refractivity contribution in [2.24, 2.45) is 0 Å². The van der Waals surface area contributed by atoms with E-state index in [-0.39, 0.29) is 19.1 Å². The first kappa shape index (κ1) is 20.5. The van der Waals surface area contributed by atoms with Crippen molar-refractivity contribution < 1.29 is 23.5 Å². The van der Waals surface area contributed by atoms with Crippen LogP contribution in [-0.4, -0.2) is 43.1 Å². The van der Waals surface area contributed by atoms with Crippen molar-refractivity contribution in [3.8, 4) is 17.1 Å². The van der Waals surface area contributed by atoms with Crippen LogP contribution in [0.25, 0.3) is 22.3 Å². The lowest BCUT2D eigenvalue weighted by Gasteiger charge is -2.18. The molecule has 1 heterocycles. The van der Waals surface area contributed by atoms with Crippen molar-refractivity contribution in [1.82, 2.24) is 4.90 Å². The van der Waals surface area contributed by atoms with E-state index in [1.165, 1.54) is 0 Å². The molecule has 0 unspecified atom stereocenters. The molecule has 3 aromatic rings. The lowest BCUT2D eigenvalue weighted by Crippen LogP contribution is -2.34. The number of rotatable bonds is 8. The molecule has 2 aromatic carbocycles. The fourth-order valence-corrected chi connectivity index (χ4v) is 3.18. The Morgan fingerprint density at radius 3 is 2.38 bits per heavy atom. The molecule has 29 heavy (non-hydrogen) atoms. The number of nitrogens with zero attached hydrogens (tertiary/aromatic N) is 1. The van der Waals surface area contributed by atoms with E-state index in [1.54, 1.807) is 30.0 Å². The third-order valence-electron chi connectivity index (χ3n) is 4.65. The molecular weight excluding hydrogens is 370 g/mol. The summed E-state index contributed by atoms with van der Waals surface area (Å²) in [5.74, 6) is 0.402. The number of esters is 1. The molecule has 6 nitrogen and oxygen atoms in total. The predicted molar refractivity (Wildman–Crippen MR) is 111 cm³/mol. The van der Waals surface area contributed by atoms with Gasteiger partial charge in [-0.1, -0.05) is 30.3 Å². The fourth-order valence-electron chi connectivity index (χ4n) is 3.18. The first-order valence-electron chi connectivity index (χ1n) is 9.78. The van der Waals surface area contributed by atoms with E-state index in [9.17, 15) is 9.59 Å². The number of benzene rings is 2. The van der Waals surface area contributed by atoms with Crippen LogP contribution in [0.2, 0.25) is 0 Å². The number of ether oxygens (including phenoxy) is 2. The van der Waals surface area contributed by atoms with E-state index >= 15 is 0 Å². The molecule has 1 amide bonds. The minimum Gasteiger partial charge on any atom is -0.484 e. The number of likely N-dealkylation sites (N-methyl/N-ethyl adjacent to an activating group) is 1. The molecule has 0 aliphatic carbocycles. The summed E-state index contributed by atoms with van der Waals surface area (Å²) in [6.45, 7) is 7.07. The van der Waals surface area contributed by atoms with Gasteiger partial charge in [0.25, 0.3) is 5.91 Å². The predicted octanol–water partition coefficient (Wildman–Crippen LogP) is 4.52. The van der Waals surface area contributed by atoms with Crippen LogP contribution in [0.15, 0.2) is 52.9 Å². The highest BCUT2D eigenvalue weighted by atomic mass is 16.5. The maximum absolute atomic E-state index is 12.7. The molecule has 0 atom stereocenters. The quantitative estimate of drug-likeness (QED) is 0.525. The second-order valence-corrected chi connectivity index (χ2v) is 6.41. The SMILES string of the molecule is CCOC(=O)c1c(-c2ccccc2)oc2ccc(OCC(=O)N(CC)CC)cc12. The smallest absolute Gasteiger partial charge is 0.342 e. The van der Waals surface area contributed by atoms with Crippen molar-refractivity contribution in [3.05, 3.63) is 54.1 Å². The van der Waals surface area contributed by atoms with Crippen LogP contribution in [0.5, 0.6) is 5.75 Å². The van der Waals surface area contributed by atoms with Gasteiger partial charge in [0.05, 0.1) is 6.61 Å². The highest BCUT2D eigenvalue weighted by Crippen LogP contribution is 2.36. The topological polar surface area (TPSA) is 69.0 Å². The molecule has 152 valence electrons. The zero-order valence-electron chi connectivity index (χ0n) is 16.9. The van der Waals surface area contributed by atoms with E-state index in [2.05, 4.69) is 0 Å². The summed E-state index contributed by atoms with van der Waals surface area (Å²) in [4.78, 5) is 26.6. The Labute approximate surface area is 170 Å². The first-order valence-corrected chi connectivity index (χ1v) is 9.78. The molecule has 0 radical (unpaired) electrons. The lowest BCUT2D eigenvalue weighted by atomic mass is 10.1. The molecule has 3 rings (SSSR count). The second-order valence-electron chi connectivity index (χ2n) is 6.41. The maximum atomic E-state index is 12.7. The van der Waals surface area contributed by atoms with Crippen molar-refractivity contribution in [2.45, 2.75) is 20.8 Å². The lowest BCUT2D eigenvalue weighted by molar-refractivity contribution is -0.132. The van der Waals surface area contributed by atoms with Crippen LogP contribution in [0.4, 0.5) is 0 Å².